The Morgan fingerprint density at radius 2 is 1.83 bits per heavy atom. The number of hydrogen-bond acceptors (Lipinski definition) is 7. The lowest BCUT2D eigenvalue weighted by molar-refractivity contribution is 0.102. The van der Waals surface area contributed by atoms with Gasteiger partial charge < -0.3 is 4.42 Å². The number of carbonyl (C=O) groups is 1. The van der Waals surface area contributed by atoms with Gasteiger partial charge in [0.15, 0.2) is 5.13 Å². The maximum atomic E-state index is 12.9. The lowest BCUT2D eigenvalue weighted by Gasteiger charge is -2.29. The molecule has 1 N–H and O–H groups in total. The molecule has 4 aromatic rings. The molecule has 1 aliphatic heterocycles. The Balaban J connectivity index is 1.30. The topological polar surface area (TPSA) is 110 Å². The highest BCUT2D eigenvalue weighted by atomic mass is 32.2. The van der Waals surface area contributed by atoms with Gasteiger partial charge in [-0.2, -0.15) is 4.31 Å². The highest BCUT2D eigenvalue weighted by Gasteiger charge is 2.28. The van der Waals surface area contributed by atoms with Gasteiger partial charge in [-0.3, -0.25) is 10.1 Å². The number of fused-ring (bicyclic) bond motifs is 1. The van der Waals surface area contributed by atoms with Crippen molar-refractivity contribution in [3.63, 3.8) is 0 Å². The molecule has 1 saturated heterocycles. The average molecular weight is 510 g/mol. The van der Waals surface area contributed by atoms with Gasteiger partial charge in [0.25, 0.3) is 5.91 Å². The maximum absolute atomic E-state index is 12.9. The zero-order chi connectivity index (χ0) is 24.6. The van der Waals surface area contributed by atoms with Gasteiger partial charge in [0.1, 0.15) is 5.58 Å². The summed E-state index contributed by atoms with van der Waals surface area (Å²) in [7, 11) is -3.58. The molecular weight excluding hydrogens is 486 g/mol. The van der Waals surface area contributed by atoms with Crippen LogP contribution in [0.25, 0.3) is 22.2 Å². The summed E-state index contributed by atoms with van der Waals surface area (Å²) in [5, 5.41) is 5.47. The van der Waals surface area contributed by atoms with E-state index in [1.807, 2.05) is 12.1 Å². The third-order valence-electron chi connectivity index (χ3n) is 6.14. The first-order chi connectivity index (χ1) is 16.8. The van der Waals surface area contributed by atoms with Crippen molar-refractivity contribution in [2.24, 2.45) is 5.92 Å². The number of aromatic nitrogens is 1. The SMILES string of the molecule is CC1CCN(S(=O)(=O)c2ccc(C(=O)Nc3nc(-c4cc5ccccc5oc4=O)cs3)cc2)CC1. The number of carbonyl (C=O) groups excluding carboxylic acids is 1. The van der Waals surface area contributed by atoms with Gasteiger partial charge in [0, 0.05) is 29.4 Å². The van der Waals surface area contributed by atoms with Crippen molar-refractivity contribution in [2.45, 2.75) is 24.7 Å². The maximum Gasteiger partial charge on any atom is 0.345 e. The van der Waals surface area contributed by atoms with Crippen LogP contribution < -0.4 is 10.9 Å². The molecule has 0 spiro atoms. The molecule has 10 heteroatoms. The summed E-state index contributed by atoms with van der Waals surface area (Å²) < 4.78 is 32.7. The summed E-state index contributed by atoms with van der Waals surface area (Å²) in [6.45, 7) is 3.14. The molecule has 0 saturated carbocycles. The van der Waals surface area contributed by atoms with E-state index in [0.717, 1.165) is 18.2 Å². The monoisotopic (exact) mass is 509 g/mol. The van der Waals surface area contributed by atoms with Crippen LogP contribution >= 0.6 is 11.3 Å². The Kier molecular flexibility index (Phi) is 6.26. The van der Waals surface area contributed by atoms with Crippen molar-refractivity contribution in [1.82, 2.24) is 9.29 Å². The van der Waals surface area contributed by atoms with Crippen molar-refractivity contribution >= 4 is 43.4 Å². The third kappa shape index (κ3) is 4.77. The van der Waals surface area contributed by atoms with Crippen LogP contribution in [0.3, 0.4) is 0 Å². The molecule has 0 bridgehead atoms. The summed E-state index contributed by atoms with van der Waals surface area (Å²) in [4.78, 5) is 29.6. The summed E-state index contributed by atoms with van der Waals surface area (Å²) >= 11 is 1.18. The Morgan fingerprint density at radius 1 is 1.11 bits per heavy atom. The Labute approximate surface area is 206 Å². The van der Waals surface area contributed by atoms with E-state index in [4.69, 9.17) is 4.42 Å². The Morgan fingerprint density at radius 3 is 2.57 bits per heavy atom. The first-order valence-electron chi connectivity index (χ1n) is 11.2. The number of nitrogens with one attached hydrogen (secondary N) is 1. The number of piperidine rings is 1. The minimum atomic E-state index is -3.58. The lowest BCUT2D eigenvalue weighted by atomic mass is 10.0. The zero-order valence-electron chi connectivity index (χ0n) is 18.9. The standard InChI is InChI=1S/C25H23N3O5S2/c1-16-10-12-28(13-11-16)35(31,32)19-8-6-17(7-9-19)23(29)27-25-26-21(15-34-25)20-14-18-4-2-3-5-22(18)33-24(20)30/h2-9,14-16H,10-13H2,1H3,(H,26,27,29). The highest BCUT2D eigenvalue weighted by molar-refractivity contribution is 7.89. The summed E-state index contributed by atoms with van der Waals surface area (Å²) in [6.07, 6.45) is 1.69. The fraction of sp³-hybridized carbons (Fsp3) is 0.240. The molecule has 180 valence electrons. The van der Waals surface area contributed by atoms with Crippen LogP contribution in [0.4, 0.5) is 5.13 Å². The molecule has 0 aliphatic carbocycles. The van der Waals surface area contributed by atoms with Crippen molar-refractivity contribution in [3.05, 3.63) is 76.0 Å². The number of hydrogen-bond donors (Lipinski definition) is 1. The van der Waals surface area contributed by atoms with Crippen LogP contribution in [0, 0.1) is 5.92 Å². The van der Waals surface area contributed by atoms with E-state index in [-0.39, 0.29) is 4.90 Å². The first-order valence-corrected chi connectivity index (χ1v) is 13.5. The molecule has 5 rings (SSSR count). The summed E-state index contributed by atoms with van der Waals surface area (Å²) in [5.41, 5.74) is 1.000. The largest absolute Gasteiger partial charge is 0.422 e. The number of thiazole rings is 1. The van der Waals surface area contributed by atoms with Gasteiger partial charge in [0.05, 0.1) is 16.2 Å². The van der Waals surface area contributed by atoms with Gasteiger partial charge in [-0.1, -0.05) is 25.1 Å². The molecule has 0 atom stereocenters. The normalized spacial score (nSPS) is 15.3. The summed E-state index contributed by atoms with van der Waals surface area (Å²) in [5.74, 6) is 0.0990. The van der Waals surface area contributed by atoms with E-state index in [1.54, 1.807) is 23.6 Å². The molecule has 1 aliphatic rings. The van der Waals surface area contributed by atoms with E-state index in [2.05, 4.69) is 17.2 Å². The van der Waals surface area contributed by atoms with Gasteiger partial charge in [0.2, 0.25) is 10.0 Å². The van der Waals surface area contributed by atoms with E-state index < -0.39 is 21.6 Å². The fourth-order valence-corrected chi connectivity index (χ4v) is 6.19. The van der Waals surface area contributed by atoms with Gasteiger partial charge in [-0.15, -0.1) is 11.3 Å². The van der Waals surface area contributed by atoms with E-state index in [1.165, 1.54) is 39.9 Å². The van der Waals surface area contributed by atoms with Crippen LogP contribution in [0.5, 0.6) is 0 Å². The van der Waals surface area contributed by atoms with E-state index >= 15 is 0 Å². The van der Waals surface area contributed by atoms with Crippen molar-refractivity contribution in [2.75, 3.05) is 18.4 Å². The number of amides is 1. The second kappa shape index (κ2) is 9.37. The van der Waals surface area contributed by atoms with Crippen molar-refractivity contribution in [1.29, 1.82) is 0 Å². The smallest absolute Gasteiger partial charge is 0.345 e. The number of nitrogens with zero attached hydrogens (tertiary/aromatic N) is 2. The second-order valence-electron chi connectivity index (χ2n) is 8.59. The lowest BCUT2D eigenvalue weighted by Crippen LogP contribution is -2.37. The molecule has 0 unspecified atom stereocenters. The van der Waals surface area contributed by atoms with Crippen LogP contribution in [0.15, 0.2) is 74.1 Å². The highest BCUT2D eigenvalue weighted by Crippen LogP contribution is 2.26. The van der Waals surface area contributed by atoms with Crippen molar-refractivity contribution in [3.8, 4) is 11.3 Å². The van der Waals surface area contributed by atoms with Crippen LogP contribution in [-0.4, -0.2) is 36.7 Å². The molecule has 0 radical (unpaired) electrons. The minimum Gasteiger partial charge on any atom is -0.422 e. The quantitative estimate of drug-likeness (QED) is 0.394. The van der Waals surface area contributed by atoms with E-state index in [9.17, 15) is 18.0 Å². The number of benzene rings is 2. The third-order valence-corrected chi connectivity index (χ3v) is 8.81. The predicted molar refractivity (Wildman–Crippen MR) is 135 cm³/mol. The molecule has 1 fully saturated rings. The molecule has 8 nitrogen and oxygen atoms in total. The zero-order valence-corrected chi connectivity index (χ0v) is 20.6. The van der Waals surface area contributed by atoms with Gasteiger partial charge in [-0.25, -0.2) is 18.2 Å². The van der Waals surface area contributed by atoms with Crippen LogP contribution in [0.2, 0.25) is 0 Å². The number of anilines is 1. The molecule has 3 heterocycles. The van der Waals surface area contributed by atoms with Crippen LogP contribution in [-0.2, 0) is 10.0 Å². The average Bonchev–Trinajstić information content (AvgIpc) is 3.32. The number of para-hydroxylation sites is 1. The second-order valence-corrected chi connectivity index (χ2v) is 11.4. The predicted octanol–water partition coefficient (Wildman–Crippen LogP) is 4.59. The molecule has 2 aromatic carbocycles. The fourth-order valence-electron chi connectivity index (χ4n) is 4.02. The Bertz CT molecular complexity index is 1550. The molecular formula is C25H23N3O5S2. The summed E-state index contributed by atoms with van der Waals surface area (Å²) in [6, 6.07) is 14.8. The minimum absolute atomic E-state index is 0.170. The molecule has 35 heavy (non-hydrogen) atoms. The number of sulfonamides is 1. The van der Waals surface area contributed by atoms with Crippen LogP contribution in [0.1, 0.15) is 30.1 Å². The first kappa shape index (κ1) is 23.4. The van der Waals surface area contributed by atoms with E-state index in [0.29, 0.717) is 46.5 Å². The Hall–Kier alpha value is -3.34. The molecule has 1 amide bonds. The number of rotatable bonds is 5. The van der Waals surface area contributed by atoms with Crippen molar-refractivity contribution < 1.29 is 17.6 Å². The van der Waals surface area contributed by atoms with Gasteiger partial charge >= 0.3 is 5.63 Å². The molecule has 2 aromatic heterocycles. The van der Waals surface area contributed by atoms with Gasteiger partial charge in [-0.05, 0) is 55.2 Å².